The molecule has 2 aromatic rings. The van der Waals surface area contributed by atoms with Gasteiger partial charge in [-0.15, -0.1) is 0 Å². The van der Waals surface area contributed by atoms with E-state index in [-0.39, 0.29) is 11.6 Å². The lowest BCUT2D eigenvalue weighted by molar-refractivity contribution is 0.141. The molecule has 9 heteroatoms. The van der Waals surface area contributed by atoms with Gasteiger partial charge >= 0.3 is 0 Å². The molecule has 1 N–H and O–H groups in total. The van der Waals surface area contributed by atoms with Gasteiger partial charge in [-0.1, -0.05) is 18.2 Å². The van der Waals surface area contributed by atoms with Gasteiger partial charge in [0, 0.05) is 32.4 Å². The van der Waals surface area contributed by atoms with Crippen molar-refractivity contribution >= 4 is 26.0 Å². The predicted octanol–water partition coefficient (Wildman–Crippen LogP) is 1.60. The predicted molar refractivity (Wildman–Crippen MR) is 97.7 cm³/mol. The van der Waals surface area contributed by atoms with Gasteiger partial charge < -0.3 is 4.98 Å². The number of aromatic amines is 1. The molecule has 7 nitrogen and oxygen atoms in total. The first-order chi connectivity index (χ1) is 11.9. The second kappa shape index (κ2) is 7.36. The lowest BCUT2D eigenvalue weighted by atomic mass is 10.2. The van der Waals surface area contributed by atoms with Crippen molar-refractivity contribution in [1.29, 1.82) is 0 Å². The largest absolute Gasteiger partial charge is 0.308 e. The van der Waals surface area contributed by atoms with Crippen LogP contribution in [0.25, 0.3) is 0 Å². The van der Waals surface area contributed by atoms with Gasteiger partial charge in [0.1, 0.15) is 10.3 Å². The molecule has 0 aliphatic carbocycles. The third-order valence-corrected chi connectivity index (χ3v) is 6.85. The minimum atomic E-state index is -3.46. The number of H-pyrrole nitrogens is 1. The van der Waals surface area contributed by atoms with Gasteiger partial charge in [0.25, 0.3) is 5.56 Å². The summed E-state index contributed by atoms with van der Waals surface area (Å²) in [5.74, 6) is 0.576. The van der Waals surface area contributed by atoms with Gasteiger partial charge in [-0.25, -0.2) is 13.4 Å². The number of piperazine rings is 1. The summed E-state index contributed by atoms with van der Waals surface area (Å²) in [5, 5.41) is 0. The van der Waals surface area contributed by atoms with Crippen molar-refractivity contribution in [2.24, 2.45) is 0 Å². The summed E-state index contributed by atoms with van der Waals surface area (Å²) >= 11 is 3.13. The van der Waals surface area contributed by atoms with Crippen LogP contribution in [0, 0.1) is 0 Å². The molecule has 1 atom stereocenters. The van der Waals surface area contributed by atoms with Gasteiger partial charge in [-0.2, -0.15) is 4.31 Å². The molecular weight excluding hydrogens is 408 g/mol. The number of rotatable bonds is 4. The van der Waals surface area contributed by atoms with Crippen LogP contribution in [0.3, 0.4) is 0 Å². The van der Waals surface area contributed by atoms with E-state index in [1.54, 1.807) is 30.3 Å². The summed E-state index contributed by atoms with van der Waals surface area (Å²) in [6, 6.07) is 8.37. The molecule has 134 valence electrons. The van der Waals surface area contributed by atoms with E-state index in [1.807, 2.05) is 6.92 Å². The molecule has 0 saturated carbocycles. The first-order valence-electron chi connectivity index (χ1n) is 7.93. The fourth-order valence-electron chi connectivity index (χ4n) is 2.85. The molecule has 1 aromatic heterocycles. The van der Waals surface area contributed by atoms with Crippen molar-refractivity contribution < 1.29 is 8.42 Å². The van der Waals surface area contributed by atoms with E-state index < -0.39 is 10.0 Å². The van der Waals surface area contributed by atoms with E-state index in [2.05, 4.69) is 30.8 Å². The summed E-state index contributed by atoms with van der Waals surface area (Å²) in [5.41, 5.74) is -0.220. The van der Waals surface area contributed by atoms with Crippen molar-refractivity contribution in [3.8, 4) is 0 Å². The Balaban J connectivity index is 1.69. The fraction of sp³-hybridized carbons (Fsp3) is 0.375. The zero-order valence-electron chi connectivity index (χ0n) is 13.7. The first-order valence-corrected chi connectivity index (χ1v) is 10.2. The highest BCUT2D eigenvalue weighted by atomic mass is 79.9. The molecule has 0 radical (unpaired) electrons. The highest BCUT2D eigenvalue weighted by Gasteiger charge is 2.30. The molecule has 2 heterocycles. The standard InChI is InChI=1S/C16H19BrN4O3S/c1-12(15-18-11-14(17)16(22)19-15)20-7-9-21(10-8-20)25(23,24)13-5-3-2-4-6-13/h2-6,11-12H,7-10H2,1H3,(H,18,19,22). The van der Waals surface area contributed by atoms with Crippen LogP contribution in [-0.4, -0.2) is 53.8 Å². The molecular formula is C16H19BrN4O3S. The quantitative estimate of drug-likeness (QED) is 0.801. The van der Waals surface area contributed by atoms with Gasteiger partial charge in [0.15, 0.2) is 0 Å². The monoisotopic (exact) mass is 426 g/mol. The average molecular weight is 427 g/mol. The number of halogens is 1. The second-order valence-electron chi connectivity index (χ2n) is 5.87. The van der Waals surface area contributed by atoms with Crippen LogP contribution in [0.2, 0.25) is 0 Å². The number of hydrogen-bond donors (Lipinski definition) is 1. The van der Waals surface area contributed by atoms with E-state index in [1.165, 1.54) is 10.5 Å². The summed E-state index contributed by atoms with van der Waals surface area (Å²) in [6.45, 7) is 3.91. The summed E-state index contributed by atoms with van der Waals surface area (Å²) in [7, 11) is -3.46. The van der Waals surface area contributed by atoms with Crippen LogP contribution in [0.1, 0.15) is 18.8 Å². The van der Waals surface area contributed by atoms with Gasteiger partial charge in [0.05, 0.1) is 10.9 Å². The van der Waals surface area contributed by atoms with Crippen LogP contribution >= 0.6 is 15.9 Å². The third-order valence-electron chi connectivity index (χ3n) is 4.37. The van der Waals surface area contributed by atoms with Crippen molar-refractivity contribution in [2.45, 2.75) is 17.9 Å². The Morgan fingerprint density at radius 3 is 2.40 bits per heavy atom. The topological polar surface area (TPSA) is 86.4 Å². The van der Waals surface area contributed by atoms with Crippen molar-refractivity contribution in [2.75, 3.05) is 26.2 Å². The summed E-state index contributed by atoms with van der Waals surface area (Å²) in [4.78, 5) is 21.2. The number of hydrogen-bond acceptors (Lipinski definition) is 5. The molecule has 0 amide bonds. The van der Waals surface area contributed by atoms with Crippen LogP contribution in [0.15, 0.2) is 50.7 Å². The number of benzene rings is 1. The molecule has 3 rings (SSSR count). The maximum atomic E-state index is 12.7. The molecule has 1 fully saturated rings. The van der Waals surface area contributed by atoms with E-state index in [0.717, 1.165) is 0 Å². The molecule has 1 unspecified atom stereocenters. The Kier molecular flexibility index (Phi) is 5.38. The second-order valence-corrected chi connectivity index (χ2v) is 8.67. The Morgan fingerprint density at radius 2 is 1.80 bits per heavy atom. The number of nitrogens with zero attached hydrogens (tertiary/aromatic N) is 3. The zero-order valence-corrected chi connectivity index (χ0v) is 16.1. The smallest absolute Gasteiger partial charge is 0.265 e. The van der Waals surface area contributed by atoms with Crippen molar-refractivity contribution in [3.63, 3.8) is 0 Å². The normalized spacial score (nSPS) is 18.2. The average Bonchev–Trinajstić information content (AvgIpc) is 2.64. The Bertz CT molecular complexity index is 893. The lowest BCUT2D eigenvalue weighted by Crippen LogP contribution is -2.49. The first kappa shape index (κ1) is 18.2. The van der Waals surface area contributed by atoms with Crippen LogP contribution in [0.5, 0.6) is 0 Å². The minimum Gasteiger partial charge on any atom is -0.308 e. The fourth-order valence-corrected chi connectivity index (χ4v) is 4.50. The molecule has 0 spiro atoms. The summed E-state index contributed by atoms with van der Waals surface area (Å²) < 4.78 is 27.2. The lowest BCUT2D eigenvalue weighted by Gasteiger charge is -2.36. The van der Waals surface area contributed by atoms with E-state index in [9.17, 15) is 13.2 Å². The van der Waals surface area contributed by atoms with Crippen LogP contribution in [0.4, 0.5) is 0 Å². The SMILES string of the molecule is CC(c1ncc(Br)c(=O)[nH]1)N1CCN(S(=O)(=O)c2ccccc2)CC1. The number of nitrogens with one attached hydrogen (secondary N) is 1. The van der Waals surface area contributed by atoms with Crippen LogP contribution in [-0.2, 0) is 10.0 Å². The van der Waals surface area contributed by atoms with E-state index in [0.29, 0.717) is 41.4 Å². The maximum Gasteiger partial charge on any atom is 0.265 e. The van der Waals surface area contributed by atoms with E-state index >= 15 is 0 Å². The van der Waals surface area contributed by atoms with Gasteiger partial charge in [-0.05, 0) is 35.0 Å². The maximum absolute atomic E-state index is 12.7. The molecule has 1 aliphatic rings. The van der Waals surface area contributed by atoms with Gasteiger partial charge in [0.2, 0.25) is 10.0 Å². The Labute approximate surface area is 154 Å². The van der Waals surface area contributed by atoms with E-state index in [4.69, 9.17) is 0 Å². The molecule has 1 aliphatic heterocycles. The Hall–Kier alpha value is -1.55. The van der Waals surface area contributed by atoms with Gasteiger partial charge in [-0.3, -0.25) is 9.69 Å². The number of aromatic nitrogens is 2. The molecule has 1 aromatic carbocycles. The zero-order chi connectivity index (χ0) is 18.0. The minimum absolute atomic E-state index is 0.0950. The third kappa shape index (κ3) is 3.84. The summed E-state index contributed by atoms with van der Waals surface area (Å²) in [6.07, 6.45) is 1.49. The highest BCUT2D eigenvalue weighted by molar-refractivity contribution is 9.10. The molecule has 0 bridgehead atoms. The highest BCUT2D eigenvalue weighted by Crippen LogP contribution is 2.22. The Morgan fingerprint density at radius 1 is 1.16 bits per heavy atom. The number of sulfonamides is 1. The molecule has 25 heavy (non-hydrogen) atoms. The molecule has 1 saturated heterocycles. The van der Waals surface area contributed by atoms with Crippen molar-refractivity contribution in [1.82, 2.24) is 19.2 Å². The van der Waals surface area contributed by atoms with Crippen LogP contribution < -0.4 is 5.56 Å². The van der Waals surface area contributed by atoms with Crippen molar-refractivity contribution in [3.05, 3.63) is 57.2 Å².